The number of H-pyrrole nitrogens is 1. The van der Waals surface area contributed by atoms with Gasteiger partial charge in [0.15, 0.2) is 0 Å². The van der Waals surface area contributed by atoms with Crippen molar-refractivity contribution in [2.75, 3.05) is 13.8 Å². The zero-order valence-electron chi connectivity index (χ0n) is 9.43. The number of halogens is 1. The van der Waals surface area contributed by atoms with Gasteiger partial charge < -0.3 is 9.84 Å². The van der Waals surface area contributed by atoms with Gasteiger partial charge in [-0.05, 0) is 12.8 Å². The zero-order chi connectivity index (χ0) is 12.8. The van der Waals surface area contributed by atoms with E-state index in [1.165, 1.54) is 16.8 Å². The van der Waals surface area contributed by atoms with Gasteiger partial charge in [0.2, 0.25) is 0 Å². The molecule has 1 fully saturated rings. The minimum absolute atomic E-state index is 0.0470. The van der Waals surface area contributed by atoms with Crippen LogP contribution in [0, 0.1) is 0 Å². The van der Waals surface area contributed by atoms with E-state index in [-0.39, 0.29) is 18.9 Å². The van der Waals surface area contributed by atoms with Crippen LogP contribution in [-0.4, -0.2) is 34.5 Å². The van der Waals surface area contributed by atoms with E-state index < -0.39 is 11.2 Å². The third-order valence-electron chi connectivity index (χ3n) is 2.45. The van der Waals surface area contributed by atoms with Gasteiger partial charge in [-0.2, -0.15) is 0 Å². The van der Waals surface area contributed by atoms with E-state index >= 15 is 0 Å². The fourth-order valence-corrected chi connectivity index (χ4v) is 1.68. The summed E-state index contributed by atoms with van der Waals surface area (Å²) >= 11 is 0. The van der Waals surface area contributed by atoms with Gasteiger partial charge in [-0.15, -0.1) is 0 Å². The summed E-state index contributed by atoms with van der Waals surface area (Å²) in [4.78, 5) is 24.4. The van der Waals surface area contributed by atoms with Gasteiger partial charge in [-0.25, -0.2) is 4.79 Å². The third-order valence-corrected chi connectivity index (χ3v) is 2.45. The van der Waals surface area contributed by atoms with Gasteiger partial charge in [0.05, 0.1) is 19.9 Å². The number of hydrogen-bond donors (Lipinski definition) is 2. The lowest BCUT2D eigenvalue weighted by atomic mass is 10.2. The molecule has 0 spiro atoms. The molecule has 6 nitrogen and oxygen atoms in total. The smallest absolute Gasteiger partial charge is 0.330 e. The Bertz CT molecular complexity index is 456. The van der Waals surface area contributed by atoms with Crippen molar-refractivity contribution in [2.24, 2.45) is 0 Å². The lowest BCUT2D eigenvalue weighted by Gasteiger charge is -2.13. The Kier molecular flexibility index (Phi) is 5.05. The summed E-state index contributed by atoms with van der Waals surface area (Å²) in [5.41, 5.74) is -0.904. The Balaban J connectivity index is 0.000000686. The molecular weight excluding hydrogens is 231 g/mol. The van der Waals surface area contributed by atoms with Crippen molar-refractivity contribution in [3.63, 3.8) is 0 Å². The van der Waals surface area contributed by atoms with E-state index in [4.69, 9.17) is 9.84 Å². The number of aliphatic hydroxyl groups is 1. The number of hydrogen-bond acceptors (Lipinski definition) is 4. The molecule has 0 bridgehead atoms. The van der Waals surface area contributed by atoms with Crippen LogP contribution < -0.4 is 11.2 Å². The molecule has 1 aromatic heterocycles. The Hall–Kier alpha value is -1.47. The molecule has 0 saturated carbocycles. The van der Waals surface area contributed by atoms with Crippen LogP contribution in [-0.2, 0) is 4.74 Å². The monoisotopic (exact) mass is 246 g/mol. The van der Waals surface area contributed by atoms with E-state index in [9.17, 15) is 14.0 Å². The first kappa shape index (κ1) is 13.6. The molecule has 2 N–H and O–H groups in total. The molecule has 0 amide bonds. The highest BCUT2D eigenvalue weighted by Gasteiger charge is 2.26. The van der Waals surface area contributed by atoms with Gasteiger partial charge in [-0.1, -0.05) is 0 Å². The molecule has 0 aromatic carbocycles. The van der Waals surface area contributed by atoms with E-state index in [0.717, 1.165) is 0 Å². The number of rotatable bonds is 2. The molecule has 2 rings (SSSR count). The number of nitrogens with one attached hydrogen (secondary N) is 1. The lowest BCUT2D eigenvalue weighted by molar-refractivity contribution is -0.0246. The summed E-state index contributed by atoms with van der Waals surface area (Å²) in [6, 6.07) is 1.27. The van der Waals surface area contributed by atoms with Crippen LogP contribution in [0.15, 0.2) is 21.9 Å². The fraction of sp³-hybridized carbons (Fsp3) is 0.600. The maximum absolute atomic E-state index is 11.4. The van der Waals surface area contributed by atoms with Crippen molar-refractivity contribution < 1.29 is 14.2 Å². The average molecular weight is 246 g/mol. The molecular formula is C10H15FN2O4. The van der Waals surface area contributed by atoms with Gasteiger partial charge in [0.1, 0.15) is 6.23 Å². The maximum atomic E-state index is 11.4. The molecule has 1 aliphatic heterocycles. The number of aromatic amines is 1. The minimum Gasteiger partial charge on any atom is -0.394 e. The minimum atomic E-state index is -0.480. The molecule has 0 aliphatic carbocycles. The predicted octanol–water partition coefficient (Wildman–Crippen LogP) is -0.208. The first-order valence-electron chi connectivity index (χ1n) is 5.16. The summed E-state index contributed by atoms with van der Waals surface area (Å²) < 4.78 is 16.2. The molecule has 7 heteroatoms. The fourth-order valence-electron chi connectivity index (χ4n) is 1.68. The lowest BCUT2D eigenvalue weighted by Crippen LogP contribution is -2.31. The Labute approximate surface area is 96.7 Å². The molecule has 2 heterocycles. The number of ether oxygens (including phenoxy) is 1. The highest BCUT2D eigenvalue weighted by molar-refractivity contribution is 4.85. The summed E-state index contributed by atoms with van der Waals surface area (Å²) in [6.45, 7) is -0.0470. The second kappa shape index (κ2) is 6.31. The SMILES string of the molecule is CF.O=c1ccn(C2CCC(CO)O2)c(=O)[nH]1. The van der Waals surface area contributed by atoms with Crippen LogP contribution in [0.5, 0.6) is 0 Å². The van der Waals surface area contributed by atoms with Crippen molar-refractivity contribution >= 4 is 0 Å². The molecule has 1 aromatic rings. The zero-order valence-corrected chi connectivity index (χ0v) is 9.43. The molecule has 1 saturated heterocycles. The number of alkyl halides is 1. The molecule has 2 atom stereocenters. The van der Waals surface area contributed by atoms with Crippen molar-refractivity contribution in [3.05, 3.63) is 33.1 Å². The first-order valence-corrected chi connectivity index (χ1v) is 5.16. The van der Waals surface area contributed by atoms with Crippen LogP contribution in [0.3, 0.4) is 0 Å². The van der Waals surface area contributed by atoms with Crippen LogP contribution >= 0.6 is 0 Å². The van der Waals surface area contributed by atoms with Crippen LogP contribution in [0.25, 0.3) is 0 Å². The van der Waals surface area contributed by atoms with E-state index in [0.29, 0.717) is 20.0 Å². The van der Waals surface area contributed by atoms with Gasteiger partial charge >= 0.3 is 5.69 Å². The van der Waals surface area contributed by atoms with Crippen molar-refractivity contribution in [2.45, 2.75) is 25.2 Å². The van der Waals surface area contributed by atoms with Crippen LogP contribution in [0.4, 0.5) is 4.39 Å². The second-order valence-electron chi connectivity index (χ2n) is 3.49. The second-order valence-corrected chi connectivity index (χ2v) is 3.49. The molecule has 0 radical (unpaired) electrons. The average Bonchev–Trinajstić information content (AvgIpc) is 2.80. The van der Waals surface area contributed by atoms with Crippen LogP contribution in [0.2, 0.25) is 0 Å². The summed E-state index contributed by atoms with van der Waals surface area (Å²) in [5, 5.41) is 8.87. The third kappa shape index (κ3) is 3.24. The van der Waals surface area contributed by atoms with Crippen molar-refractivity contribution in [1.82, 2.24) is 9.55 Å². The molecule has 1 aliphatic rings. The van der Waals surface area contributed by atoms with E-state index in [2.05, 4.69) is 4.98 Å². The van der Waals surface area contributed by atoms with Crippen LogP contribution in [0.1, 0.15) is 19.1 Å². The van der Waals surface area contributed by atoms with Crippen molar-refractivity contribution in [3.8, 4) is 0 Å². The van der Waals surface area contributed by atoms with Gasteiger partial charge in [0, 0.05) is 12.3 Å². The normalized spacial score (nSPS) is 23.0. The topological polar surface area (TPSA) is 84.3 Å². The van der Waals surface area contributed by atoms with Gasteiger partial charge in [-0.3, -0.25) is 18.7 Å². The van der Waals surface area contributed by atoms with E-state index in [1.807, 2.05) is 0 Å². The largest absolute Gasteiger partial charge is 0.394 e. The number of aromatic nitrogens is 2. The summed E-state index contributed by atoms with van der Waals surface area (Å²) in [7, 11) is 0.500. The Morgan fingerprint density at radius 3 is 2.76 bits per heavy atom. The highest BCUT2D eigenvalue weighted by Crippen LogP contribution is 2.26. The Morgan fingerprint density at radius 2 is 2.24 bits per heavy atom. The summed E-state index contributed by atoms with van der Waals surface area (Å²) in [6.07, 6.45) is 2.19. The first-order chi connectivity index (χ1) is 8.20. The predicted molar refractivity (Wildman–Crippen MR) is 58.6 cm³/mol. The standard InChI is InChI=1S/C9H12N2O4.CH3F/c12-5-6-1-2-8(15-6)11-4-3-7(13)10-9(11)14;1-2/h3-4,6,8,12H,1-2,5H2,(H,10,13,14);1H3. The quantitative estimate of drug-likeness (QED) is 0.756. The molecule has 17 heavy (non-hydrogen) atoms. The van der Waals surface area contributed by atoms with Crippen molar-refractivity contribution in [1.29, 1.82) is 0 Å². The molecule has 96 valence electrons. The maximum Gasteiger partial charge on any atom is 0.330 e. The molecule has 2 unspecified atom stereocenters. The highest BCUT2D eigenvalue weighted by atomic mass is 19.1. The Morgan fingerprint density at radius 1 is 1.53 bits per heavy atom. The van der Waals surface area contributed by atoms with E-state index in [1.54, 1.807) is 0 Å². The summed E-state index contributed by atoms with van der Waals surface area (Å²) in [5.74, 6) is 0. The number of aliphatic hydroxyl groups excluding tert-OH is 1. The van der Waals surface area contributed by atoms with Gasteiger partial charge in [0.25, 0.3) is 5.56 Å². The number of nitrogens with zero attached hydrogens (tertiary/aromatic N) is 1.